The van der Waals surface area contributed by atoms with Crippen molar-refractivity contribution in [2.45, 2.75) is 0 Å². The molecule has 0 spiro atoms. The molecule has 0 saturated heterocycles. The smallest absolute Gasteiger partial charge is 0.354 e. The van der Waals surface area contributed by atoms with Crippen molar-refractivity contribution < 1.29 is 19.4 Å². The zero-order chi connectivity index (χ0) is 10.6. The molecule has 0 saturated carbocycles. The van der Waals surface area contributed by atoms with Crippen LogP contribution < -0.4 is 10.1 Å². The molecule has 0 aliphatic rings. The van der Waals surface area contributed by atoms with E-state index in [1.165, 1.54) is 13.1 Å². The van der Waals surface area contributed by atoms with Gasteiger partial charge in [0.25, 0.3) is 5.91 Å². The van der Waals surface area contributed by atoms with Crippen molar-refractivity contribution in [3.05, 3.63) is 11.8 Å². The number of hydrogen-bond donors (Lipinski definition) is 3. The van der Waals surface area contributed by atoms with Crippen LogP contribution in [0.25, 0.3) is 0 Å². The van der Waals surface area contributed by atoms with Crippen LogP contribution in [0.3, 0.4) is 0 Å². The molecule has 1 heterocycles. The van der Waals surface area contributed by atoms with Gasteiger partial charge in [0.15, 0.2) is 6.61 Å². The summed E-state index contributed by atoms with van der Waals surface area (Å²) in [5, 5.41) is 16.6. The van der Waals surface area contributed by atoms with Gasteiger partial charge in [-0.15, -0.1) is 5.10 Å². The molecule has 14 heavy (non-hydrogen) atoms. The van der Waals surface area contributed by atoms with Gasteiger partial charge < -0.3 is 15.2 Å². The van der Waals surface area contributed by atoms with Crippen molar-refractivity contribution in [1.29, 1.82) is 0 Å². The maximum atomic E-state index is 10.7. The SMILES string of the molecule is CNC(=O)COc1cc(C(=O)O)[nH]n1. The lowest BCUT2D eigenvalue weighted by molar-refractivity contribution is -0.122. The number of carbonyl (C=O) groups is 2. The zero-order valence-corrected chi connectivity index (χ0v) is 7.40. The van der Waals surface area contributed by atoms with E-state index in [1.54, 1.807) is 0 Å². The third-order valence-electron chi connectivity index (χ3n) is 1.41. The molecule has 7 heteroatoms. The van der Waals surface area contributed by atoms with E-state index in [9.17, 15) is 9.59 Å². The number of aromatic carboxylic acids is 1. The van der Waals surface area contributed by atoms with E-state index in [1.807, 2.05) is 0 Å². The molecule has 1 aromatic rings. The first kappa shape index (κ1) is 10.0. The Hall–Kier alpha value is -2.05. The minimum absolute atomic E-state index is 0.0750. The second-order valence-electron chi connectivity index (χ2n) is 2.39. The van der Waals surface area contributed by atoms with E-state index >= 15 is 0 Å². The summed E-state index contributed by atoms with van der Waals surface area (Å²) >= 11 is 0. The first-order valence-corrected chi connectivity index (χ1v) is 3.75. The number of carboxylic acids is 1. The van der Waals surface area contributed by atoms with Gasteiger partial charge in [-0.25, -0.2) is 4.79 Å². The summed E-state index contributed by atoms with van der Waals surface area (Å²) in [5.74, 6) is -1.37. The topological polar surface area (TPSA) is 104 Å². The number of aromatic amines is 1. The van der Waals surface area contributed by atoms with Gasteiger partial charge in [-0.05, 0) is 0 Å². The lowest BCUT2D eigenvalue weighted by atomic mass is 10.4. The average Bonchev–Trinajstić information content (AvgIpc) is 2.62. The molecule has 1 amide bonds. The van der Waals surface area contributed by atoms with Gasteiger partial charge in [-0.3, -0.25) is 9.89 Å². The molecule has 0 radical (unpaired) electrons. The first-order chi connectivity index (χ1) is 6.63. The highest BCUT2D eigenvalue weighted by Crippen LogP contribution is 2.07. The Morgan fingerprint density at radius 3 is 2.93 bits per heavy atom. The van der Waals surface area contributed by atoms with Crippen LogP contribution in [-0.4, -0.2) is 40.8 Å². The lowest BCUT2D eigenvalue weighted by Gasteiger charge is -1.99. The van der Waals surface area contributed by atoms with E-state index in [4.69, 9.17) is 9.84 Å². The van der Waals surface area contributed by atoms with Crippen LogP contribution in [0.15, 0.2) is 6.07 Å². The van der Waals surface area contributed by atoms with Crippen molar-refractivity contribution in [3.63, 3.8) is 0 Å². The molecule has 0 atom stereocenters. The summed E-state index contributed by atoms with van der Waals surface area (Å²) in [6.07, 6.45) is 0. The van der Waals surface area contributed by atoms with E-state index in [2.05, 4.69) is 15.5 Å². The highest BCUT2D eigenvalue weighted by Gasteiger charge is 2.09. The molecule has 0 aromatic carbocycles. The van der Waals surface area contributed by atoms with Gasteiger partial charge in [-0.1, -0.05) is 0 Å². The summed E-state index contributed by atoms with van der Waals surface area (Å²) < 4.78 is 4.87. The van der Waals surface area contributed by atoms with Crippen molar-refractivity contribution in [1.82, 2.24) is 15.5 Å². The Morgan fingerprint density at radius 1 is 1.71 bits per heavy atom. The normalized spacial score (nSPS) is 9.50. The van der Waals surface area contributed by atoms with Gasteiger partial charge in [0.2, 0.25) is 5.88 Å². The molecule has 0 unspecified atom stereocenters. The highest BCUT2D eigenvalue weighted by molar-refractivity contribution is 5.85. The minimum atomic E-state index is -1.13. The molecule has 1 aromatic heterocycles. The number of nitrogens with zero attached hydrogens (tertiary/aromatic N) is 1. The number of aromatic nitrogens is 2. The Balaban J connectivity index is 2.52. The summed E-state index contributed by atoms with van der Waals surface area (Å²) in [6, 6.07) is 1.20. The van der Waals surface area contributed by atoms with Crippen molar-refractivity contribution in [2.24, 2.45) is 0 Å². The minimum Gasteiger partial charge on any atom is -0.477 e. The van der Waals surface area contributed by atoms with Crippen LogP contribution in [0.2, 0.25) is 0 Å². The van der Waals surface area contributed by atoms with Gasteiger partial charge in [-0.2, -0.15) is 0 Å². The maximum Gasteiger partial charge on any atom is 0.354 e. The largest absolute Gasteiger partial charge is 0.477 e. The van der Waals surface area contributed by atoms with E-state index in [0.717, 1.165) is 0 Å². The van der Waals surface area contributed by atoms with E-state index in [-0.39, 0.29) is 24.1 Å². The zero-order valence-electron chi connectivity index (χ0n) is 7.40. The Bertz CT molecular complexity index is 346. The average molecular weight is 199 g/mol. The number of hydrogen-bond acceptors (Lipinski definition) is 4. The van der Waals surface area contributed by atoms with Gasteiger partial charge in [0.1, 0.15) is 5.69 Å². The maximum absolute atomic E-state index is 10.7. The molecular weight excluding hydrogens is 190 g/mol. The second kappa shape index (κ2) is 4.26. The number of rotatable bonds is 4. The van der Waals surface area contributed by atoms with Crippen molar-refractivity contribution in [3.8, 4) is 5.88 Å². The number of likely N-dealkylation sites (N-methyl/N-ethyl adjacent to an activating group) is 1. The standard InChI is InChI=1S/C7H9N3O4/c1-8-5(11)3-14-6-2-4(7(12)13)9-10-6/h2H,3H2,1H3,(H,8,11)(H,9,10)(H,12,13). The van der Waals surface area contributed by atoms with E-state index < -0.39 is 5.97 Å². The number of nitrogens with one attached hydrogen (secondary N) is 2. The number of carbonyl (C=O) groups excluding carboxylic acids is 1. The summed E-state index contributed by atoms with van der Waals surface area (Å²) in [7, 11) is 1.47. The summed E-state index contributed by atoms with van der Waals surface area (Å²) in [6.45, 7) is -0.194. The molecule has 0 aliphatic heterocycles. The van der Waals surface area contributed by atoms with Crippen LogP contribution in [0.4, 0.5) is 0 Å². The molecule has 0 bridgehead atoms. The number of ether oxygens (including phenoxy) is 1. The molecule has 3 N–H and O–H groups in total. The van der Waals surface area contributed by atoms with Crippen molar-refractivity contribution >= 4 is 11.9 Å². The van der Waals surface area contributed by atoms with Gasteiger partial charge in [0.05, 0.1) is 0 Å². The van der Waals surface area contributed by atoms with Gasteiger partial charge >= 0.3 is 5.97 Å². The predicted octanol–water partition coefficient (Wildman–Crippen LogP) is -0.767. The fourth-order valence-corrected chi connectivity index (χ4v) is 0.699. The monoisotopic (exact) mass is 199 g/mol. The number of H-pyrrole nitrogens is 1. The van der Waals surface area contributed by atoms with Gasteiger partial charge in [0, 0.05) is 13.1 Å². The fourth-order valence-electron chi connectivity index (χ4n) is 0.699. The van der Waals surface area contributed by atoms with Crippen LogP contribution in [0.5, 0.6) is 5.88 Å². The fraction of sp³-hybridized carbons (Fsp3) is 0.286. The van der Waals surface area contributed by atoms with E-state index in [0.29, 0.717) is 0 Å². The highest BCUT2D eigenvalue weighted by atomic mass is 16.5. The summed E-state index contributed by atoms with van der Waals surface area (Å²) in [5.41, 5.74) is -0.0862. The quantitative estimate of drug-likeness (QED) is 0.590. The lowest BCUT2D eigenvalue weighted by Crippen LogP contribution is -2.24. The van der Waals surface area contributed by atoms with Crippen LogP contribution in [0.1, 0.15) is 10.5 Å². The van der Waals surface area contributed by atoms with Crippen LogP contribution in [-0.2, 0) is 4.79 Å². The number of amides is 1. The van der Waals surface area contributed by atoms with Crippen LogP contribution in [0, 0.1) is 0 Å². The third-order valence-corrected chi connectivity index (χ3v) is 1.41. The molecule has 1 rings (SSSR count). The molecule has 0 fully saturated rings. The van der Waals surface area contributed by atoms with Crippen molar-refractivity contribution in [2.75, 3.05) is 13.7 Å². The molecule has 7 nitrogen and oxygen atoms in total. The Morgan fingerprint density at radius 2 is 2.43 bits per heavy atom. The third kappa shape index (κ3) is 2.47. The first-order valence-electron chi connectivity index (χ1n) is 3.75. The Kier molecular flexibility index (Phi) is 3.05. The molecule has 0 aliphatic carbocycles. The Labute approximate surface area is 79.1 Å². The van der Waals surface area contributed by atoms with Crippen LogP contribution >= 0.6 is 0 Å². The predicted molar refractivity (Wildman–Crippen MR) is 45.1 cm³/mol. The molecule has 76 valence electrons. The number of carboxylic acid groups (broad SMARTS) is 1. The molecular formula is C7H9N3O4. The second-order valence-corrected chi connectivity index (χ2v) is 2.39. The summed E-state index contributed by atoms with van der Waals surface area (Å²) in [4.78, 5) is 21.1.